The molecule has 0 aliphatic carbocycles. The van der Waals surface area contributed by atoms with Crippen molar-refractivity contribution >= 4 is 11.9 Å². The summed E-state index contributed by atoms with van der Waals surface area (Å²) in [6.07, 6.45) is 9.97. The molecule has 6 nitrogen and oxygen atoms in total. The number of hydrogen-bond acceptors (Lipinski definition) is 5. The Balaban J connectivity index is 1.78. The van der Waals surface area contributed by atoms with Gasteiger partial charge in [-0.1, -0.05) is 30.3 Å². The van der Waals surface area contributed by atoms with Crippen LogP contribution in [0.5, 0.6) is 0 Å². The van der Waals surface area contributed by atoms with Gasteiger partial charge < -0.3 is 4.74 Å². The van der Waals surface area contributed by atoms with E-state index in [0.29, 0.717) is 18.7 Å². The molecule has 0 fully saturated rings. The maximum Gasteiger partial charge on any atom is 0.413 e. The molecule has 3 heterocycles. The number of allylic oxidation sites excluding steroid dienone is 2. The van der Waals surface area contributed by atoms with Gasteiger partial charge >= 0.3 is 6.09 Å². The topological polar surface area (TPSA) is 76.5 Å². The number of hydrogen-bond donors (Lipinski definition) is 1. The number of amides is 1. The van der Waals surface area contributed by atoms with E-state index in [1.54, 1.807) is 24.5 Å². The van der Waals surface area contributed by atoms with Crippen molar-refractivity contribution < 1.29 is 13.9 Å². The molecule has 1 atom stereocenters. The second-order valence-corrected chi connectivity index (χ2v) is 9.43. The van der Waals surface area contributed by atoms with E-state index in [9.17, 15) is 9.18 Å². The number of halogens is 1. The summed E-state index contributed by atoms with van der Waals surface area (Å²) in [5.74, 6) is -0.210. The van der Waals surface area contributed by atoms with E-state index in [1.807, 2.05) is 57.4 Å². The van der Waals surface area contributed by atoms with Crippen molar-refractivity contribution in [1.29, 1.82) is 0 Å². The third-order valence-corrected chi connectivity index (χ3v) is 5.61. The van der Waals surface area contributed by atoms with Crippen LogP contribution in [0, 0.1) is 5.82 Å². The molecule has 4 rings (SSSR count). The van der Waals surface area contributed by atoms with Gasteiger partial charge in [0.15, 0.2) is 0 Å². The molecular formula is C28H29FN4O2. The van der Waals surface area contributed by atoms with E-state index in [4.69, 9.17) is 9.73 Å². The first kappa shape index (κ1) is 24.3. The molecule has 1 amide bonds. The van der Waals surface area contributed by atoms with E-state index in [0.717, 1.165) is 22.4 Å². The zero-order valence-electron chi connectivity index (χ0n) is 20.1. The van der Waals surface area contributed by atoms with Gasteiger partial charge in [-0.3, -0.25) is 15.3 Å². The summed E-state index contributed by atoms with van der Waals surface area (Å²) in [6, 6.07) is 14.3. The molecule has 0 saturated heterocycles. The van der Waals surface area contributed by atoms with E-state index in [-0.39, 0.29) is 17.7 Å². The van der Waals surface area contributed by atoms with Crippen LogP contribution in [-0.4, -0.2) is 27.5 Å². The Bertz CT molecular complexity index is 1160. The number of carbonyl (C=O) groups excluding carboxylic acids is 1. The molecule has 35 heavy (non-hydrogen) atoms. The number of pyridine rings is 2. The predicted octanol–water partition coefficient (Wildman–Crippen LogP) is 6.13. The van der Waals surface area contributed by atoms with Crippen LogP contribution in [0.1, 0.15) is 62.1 Å². The average molecular weight is 473 g/mol. The number of amidine groups is 1. The van der Waals surface area contributed by atoms with Crippen LogP contribution in [0.4, 0.5) is 9.18 Å². The van der Waals surface area contributed by atoms with E-state index < -0.39 is 11.7 Å². The lowest BCUT2D eigenvalue weighted by Crippen LogP contribution is -2.37. The summed E-state index contributed by atoms with van der Waals surface area (Å²) in [5, 5.41) is 2.80. The molecule has 180 valence electrons. The number of rotatable bonds is 5. The molecule has 0 spiro atoms. The molecule has 1 aliphatic rings. The zero-order chi connectivity index (χ0) is 24.8. The Morgan fingerprint density at radius 1 is 0.943 bits per heavy atom. The van der Waals surface area contributed by atoms with E-state index in [2.05, 4.69) is 21.4 Å². The quantitative estimate of drug-likeness (QED) is 0.484. The van der Waals surface area contributed by atoms with Crippen molar-refractivity contribution in [1.82, 2.24) is 15.3 Å². The maximum absolute atomic E-state index is 13.9. The fourth-order valence-electron chi connectivity index (χ4n) is 4.22. The summed E-state index contributed by atoms with van der Waals surface area (Å²) >= 11 is 0. The molecule has 2 aromatic heterocycles. The number of carbonyl (C=O) groups is 1. The Hall–Kier alpha value is -3.87. The number of aliphatic imine (C=N–C) groups is 1. The largest absolute Gasteiger partial charge is 0.444 e. The molecular weight excluding hydrogens is 443 g/mol. The Labute approximate surface area is 205 Å². The van der Waals surface area contributed by atoms with Gasteiger partial charge in [0.25, 0.3) is 0 Å². The predicted molar refractivity (Wildman–Crippen MR) is 134 cm³/mol. The Morgan fingerprint density at radius 2 is 1.57 bits per heavy atom. The minimum Gasteiger partial charge on any atom is -0.444 e. The van der Waals surface area contributed by atoms with Gasteiger partial charge in [-0.05, 0) is 68.1 Å². The molecule has 0 bridgehead atoms. The third-order valence-electron chi connectivity index (χ3n) is 5.61. The highest BCUT2D eigenvalue weighted by Crippen LogP contribution is 2.44. The van der Waals surface area contributed by atoms with Crippen LogP contribution < -0.4 is 5.32 Å². The number of ether oxygens (including phenoxy) is 1. The van der Waals surface area contributed by atoms with Gasteiger partial charge in [0, 0.05) is 48.7 Å². The summed E-state index contributed by atoms with van der Waals surface area (Å²) in [5.41, 5.74) is 3.04. The van der Waals surface area contributed by atoms with Gasteiger partial charge in [0.2, 0.25) is 0 Å². The van der Waals surface area contributed by atoms with Crippen molar-refractivity contribution in [3.63, 3.8) is 0 Å². The fraction of sp³-hybridized carbons (Fsp3) is 0.286. The highest BCUT2D eigenvalue weighted by Gasteiger charge is 2.32. The van der Waals surface area contributed by atoms with E-state index in [1.165, 1.54) is 12.1 Å². The monoisotopic (exact) mass is 472 g/mol. The van der Waals surface area contributed by atoms with Gasteiger partial charge in [-0.25, -0.2) is 14.2 Å². The molecule has 0 radical (unpaired) electrons. The number of alkyl carbamates (subject to hydrolysis) is 1. The van der Waals surface area contributed by atoms with Crippen LogP contribution in [0.2, 0.25) is 0 Å². The molecule has 1 N–H and O–H groups in total. The zero-order valence-corrected chi connectivity index (χ0v) is 20.1. The second kappa shape index (κ2) is 10.6. The minimum absolute atomic E-state index is 0.182. The normalized spacial score (nSPS) is 14.7. The van der Waals surface area contributed by atoms with Crippen molar-refractivity contribution in [2.45, 2.75) is 51.0 Å². The fourth-order valence-corrected chi connectivity index (χ4v) is 4.22. The Morgan fingerprint density at radius 3 is 2.11 bits per heavy atom. The SMILES string of the molecule is CC(C)(C)OC(=O)NC1=NC(C(c2ccc(F)cc2)C(c2cccnc2)c2cccnc2)=CCC1. The third kappa shape index (κ3) is 6.38. The molecule has 1 aromatic carbocycles. The van der Waals surface area contributed by atoms with Crippen molar-refractivity contribution in [3.05, 3.63) is 108 Å². The number of nitrogens with zero attached hydrogens (tertiary/aromatic N) is 3. The van der Waals surface area contributed by atoms with E-state index >= 15 is 0 Å². The smallest absolute Gasteiger partial charge is 0.413 e. The molecule has 7 heteroatoms. The number of nitrogens with one attached hydrogen (secondary N) is 1. The maximum atomic E-state index is 13.9. The number of benzene rings is 1. The lowest BCUT2D eigenvalue weighted by molar-refractivity contribution is 0.0562. The summed E-state index contributed by atoms with van der Waals surface area (Å²) in [4.78, 5) is 25.9. The molecule has 1 aliphatic heterocycles. The standard InChI is InChI=1S/C28H29FN4O2/c1-28(2,3)35-27(34)33-24-10-4-9-23(32-24)26(19-11-13-22(29)14-12-19)25(20-7-5-15-30-17-20)21-8-6-16-31-18-21/h5-9,11-18,25-26H,4,10H2,1-3H3,(H,32,33,34). The minimum atomic E-state index is -0.611. The first-order chi connectivity index (χ1) is 16.8. The van der Waals surface area contributed by atoms with Gasteiger partial charge in [0.1, 0.15) is 17.3 Å². The summed E-state index contributed by atoms with van der Waals surface area (Å²) in [6.45, 7) is 5.45. The lowest BCUT2D eigenvalue weighted by atomic mass is 9.76. The summed E-state index contributed by atoms with van der Waals surface area (Å²) < 4.78 is 19.3. The highest BCUT2D eigenvalue weighted by molar-refractivity contribution is 5.96. The first-order valence-corrected chi connectivity index (χ1v) is 11.6. The first-order valence-electron chi connectivity index (χ1n) is 11.6. The number of aromatic nitrogens is 2. The molecule has 3 aromatic rings. The van der Waals surface area contributed by atoms with Crippen LogP contribution in [0.25, 0.3) is 0 Å². The van der Waals surface area contributed by atoms with Gasteiger partial charge in [-0.2, -0.15) is 0 Å². The van der Waals surface area contributed by atoms with Crippen LogP contribution in [0.3, 0.4) is 0 Å². The van der Waals surface area contributed by atoms with Gasteiger partial charge in [-0.15, -0.1) is 0 Å². The molecule has 1 unspecified atom stereocenters. The van der Waals surface area contributed by atoms with Crippen LogP contribution in [-0.2, 0) is 4.74 Å². The van der Waals surface area contributed by atoms with Gasteiger partial charge in [0.05, 0.1) is 0 Å². The summed E-state index contributed by atoms with van der Waals surface area (Å²) in [7, 11) is 0. The van der Waals surface area contributed by atoms with Crippen molar-refractivity contribution in [2.24, 2.45) is 4.99 Å². The van der Waals surface area contributed by atoms with Crippen molar-refractivity contribution in [3.8, 4) is 0 Å². The van der Waals surface area contributed by atoms with Crippen LogP contribution >= 0.6 is 0 Å². The Kier molecular flexibility index (Phi) is 7.34. The van der Waals surface area contributed by atoms with Crippen LogP contribution in [0.15, 0.2) is 90.1 Å². The second-order valence-electron chi connectivity index (χ2n) is 9.43. The lowest BCUT2D eigenvalue weighted by Gasteiger charge is -2.30. The van der Waals surface area contributed by atoms with Crippen molar-refractivity contribution in [2.75, 3.05) is 0 Å². The highest BCUT2D eigenvalue weighted by atomic mass is 19.1. The average Bonchev–Trinajstić information content (AvgIpc) is 2.83. The molecule has 0 saturated carbocycles.